The van der Waals surface area contributed by atoms with Crippen LogP contribution in [0.2, 0.25) is 0 Å². The quantitative estimate of drug-likeness (QED) is 0.869. The molecule has 2 aliphatic rings. The van der Waals surface area contributed by atoms with Crippen molar-refractivity contribution in [3.63, 3.8) is 0 Å². The van der Waals surface area contributed by atoms with Gasteiger partial charge < -0.3 is 14.6 Å². The Balaban J connectivity index is 2.12. The highest BCUT2D eigenvalue weighted by molar-refractivity contribution is 5.84. The highest BCUT2D eigenvalue weighted by Crippen LogP contribution is 2.68. The van der Waals surface area contributed by atoms with Crippen LogP contribution in [0.3, 0.4) is 0 Å². The molecule has 2 fully saturated rings. The van der Waals surface area contributed by atoms with Gasteiger partial charge in [0.05, 0.1) is 14.2 Å². The third-order valence-corrected chi connectivity index (χ3v) is 5.90. The molecular weight excluding hydrogens is 268 g/mol. The van der Waals surface area contributed by atoms with Crippen molar-refractivity contribution in [3.05, 3.63) is 29.8 Å². The van der Waals surface area contributed by atoms with Gasteiger partial charge in [0.2, 0.25) is 0 Å². The molecule has 4 nitrogen and oxygen atoms in total. The number of fused-ring (bicyclic) bond motifs is 2. The Bertz CT molecular complexity index is 555. The summed E-state index contributed by atoms with van der Waals surface area (Å²) in [7, 11) is 2.98. The van der Waals surface area contributed by atoms with Gasteiger partial charge in [-0.2, -0.15) is 0 Å². The van der Waals surface area contributed by atoms with Gasteiger partial charge in [0.1, 0.15) is 5.75 Å². The van der Waals surface area contributed by atoms with E-state index in [1.54, 1.807) is 7.11 Å². The number of ether oxygens (including phenoxy) is 2. The van der Waals surface area contributed by atoms with E-state index < -0.39 is 22.4 Å². The van der Waals surface area contributed by atoms with E-state index in [-0.39, 0.29) is 0 Å². The minimum absolute atomic E-state index is 0.403. The number of benzene rings is 1. The minimum atomic E-state index is -1.44. The monoisotopic (exact) mass is 290 g/mol. The van der Waals surface area contributed by atoms with Crippen molar-refractivity contribution in [2.45, 2.75) is 43.6 Å². The van der Waals surface area contributed by atoms with E-state index in [0.29, 0.717) is 0 Å². The van der Waals surface area contributed by atoms with E-state index in [0.717, 1.165) is 37.0 Å². The Morgan fingerprint density at radius 3 is 2.14 bits per heavy atom. The summed E-state index contributed by atoms with van der Waals surface area (Å²) < 4.78 is 10.2. The predicted octanol–water partition coefficient (Wildman–Crippen LogP) is 2.43. The van der Waals surface area contributed by atoms with Crippen LogP contribution in [0.4, 0.5) is 0 Å². The molecule has 2 bridgehead atoms. The van der Waals surface area contributed by atoms with E-state index in [1.165, 1.54) is 7.11 Å². The van der Waals surface area contributed by atoms with Crippen molar-refractivity contribution in [2.24, 2.45) is 5.41 Å². The molecule has 0 radical (unpaired) electrons. The normalized spacial score (nSPS) is 37.5. The van der Waals surface area contributed by atoms with Crippen molar-refractivity contribution in [1.82, 2.24) is 0 Å². The Kier molecular flexibility index (Phi) is 3.06. The van der Waals surface area contributed by atoms with Crippen LogP contribution in [0, 0.1) is 5.41 Å². The van der Waals surface area contributed by atoms with Gasteiger partial charge in [0.25, 0.3) is 0 Å². The van der Waals surface area contributed by atoms with Crippen molar-refractivity contribution in [3.8, 4) is 5.75 Å². The Hall–Kier alpha value is -1.55. The fraction of sp³-hybridized carbons (Fsp3) is 0.588. The average Bonchev–Trinajstić information content (AvgIpc) is 2.90. The summed E-state index contributed by atoms with van der Waals surface area (Å²) >= 11 is 0. The zero-order chi connectivity index (χ0) is 15.3. The fourth-order valence-electron chi connectivity index (χ4n) is 4.53. The second-order valence-electron chi connectivity index (χ2n) is 6.57. The molecule has 114 valence electrons. The van der Waals surface area contributed by atoms with E-state index in [1.807, 2.05) is 31.2 Å². The molecule has 0 heterocycles. The number of hydrogen-bond acceptors (Lipinski definition) is 4. The molecule has 0 spiro atoms. The van der Waals surface area contributed by atoms with E-state index in [4.69, 9.17) is 9.47 Å². The number of rotatable bonds is 3. The largest absolute Gasteiger partial charge is 0.497 e. The highest BCUT2D eigenvalue weighted by atomic mass is 16.5. The summed E-state index contributed by atoms with van der Waals surface area (Å²) in [6, 6.07) is 7.69. The van der Waals surface area contributed by atoms with Crippen LogP contribution in [-0.4, -0.2) is 30.9 Å². The summed E-state index contributed by atoms with van der Waals surface area (Å²) in [6.07, 6.45) is 3.29. The molecule has 3 rings (SSSR count). The molecule has 2 aliphatic carbocycles. The lowest BCUT2D eigenvalue weighted by molar-refractivity contribution is -0.176. The average molecular weight is 290 g/mol. The maximum Gasteiger partial charge on any atom is 0.339 e. The van der Waals surface area contributed by atoms with Crippen molar-refractivity contribution < 1.29 is 19.4 Å². The van der Waals surface area contributed by atoms with Crippen LogP contribution in [0.25, 0.3) is 0 Å². The lowest BCUT2D eigenvalue weighted by Crippen LogP contribution is -2.56. The first-order valence-electron chi connectivity index (χ1n) is 7.39. The third-order valence-electron chi connectivity index (χ3n) is 5.90. The Morgan fingerprint density at radius 2 is 1.67 bits per heavy atom. The van der Waals surface area contributed by atoms with Crippen LogP contribution >= 0.6 is 0 Å². The summed E-state index contributed by atoms with van der Waals surface area (Å²) in [6.45, 7) is 2.00. The van der Waals surface area contributed by atoms with Gasteiger partial charge in [-0.3, -0.25) is 0 Å². The van der Waals surface area contributed by atoms with Gasteiger partial charge in [0.15, 0.2) is 5.60 Å². The minimum Gasteiger partial charge on any atom is -0.497 e. The van der Waals surface area contributed by atoms with Gasteiger partial charge in [-0.1, -0.05) is 19.1 Å². The highest BCUT2D eigenvalue weighted by Gasteiger charge is 2.74. The van der Waals surface area contributed by atoms with Gasteiger partial charge in [0, 0.05) is 10.8 Å². The van der Waals surface area contributed by atoms with Crippen LogP contribution in [0.5, 0.6) is 5.75 Å². The molecule has 1 aromatic carbocycles. The fourth-order valence-corrected chi connectivity index (χ4v) is 4.53. The molecule has 21 heavy (non-hydrogen) atoms. The van der Waals surface area contributed by atoms with Crippen LogP contribution < -0.4 is 4.74 Å². The summed E-state index contributed by atoms with van der Waals surface area (Å²) in [5.74, 6) is 0.270. The number of aliphatic hydroxyl groups is 1. The molecule has 0 amide bonds. The zero-order valence-electron chi connectivity index (χ0n) is 12.8. The van der Waals surface area contributed by atoms with Crippen molar-refractivity contribution in [1.29, 1.82) is 0 Å². The molecule has 0 aromatic heterocycles. The third kappa shape index (κ3) is 1.57. The zero-order valence-corrected chi connectivity index (χ0v) is 12.8. The SMILES string of the molecule is COC(=O)[C@@]1(O)C2(C)CCC1(c1ccc(OC)cc1)CC2. The topological polar surface area (TPSA) is 55.8 Å². The molecule has 0 aliphatic heterocycles. The van der Waals surface area contributed by atoms with Crippen molar-refractivity contribution >= 4 is 5.97 Å². The Morgan fingerprint density at radius 1 is 1.10 bits per heavy atom. The predicted molar refractivity (Wildman–Crippen MR) is 78.2 cm³/mol. The summed E-state index contributed by atoms with van der Waals surface area (Å²) in [5.41, 5.74) is -1.39. The second kappa shape index (κ2) is 4.47. The maximum atomic E-state index is 12.4. The van der Waals surface area contributed by atoms with Crippen molar-refractivity contribution in [2.75, 3.05) is 14.2 Å². The van der Waals surface area contributed by atoms with E-state index in [2.05, 4.69) is 0 Å². The standard InChI is InChI=1S/C17H22O4/c1-15-8-10-16(11-9-15,17(15,19)14(18)21-3)12-4-6-13(20-2)7-5-12/h4-7,19H,8-11H2,1-3H3/t15?,16?,17-/m1/s1. The molecule has 1 N–H and O–H groups in total. The first kappa shape index (κ1) is 14.4. The lowest BCUT2D eigenvalue weighted by atomic mass is 9.68. The van der Waals surface area contributed by atoms with Crippen LogP contribution in [0.1, 0.15) is 38.2 Å². The number of hydrogen-bond donors (Lipinski definition) is 1. The molecule has 1 atom stereocenters. The molecule has 4 heteroatoms. The number of methoxy groups -OCH3 is 2. The lowest BCUT2D eigenvalue weighted by Gasteiger charge is -2.40. The first-order valence-corrected chi connectivity index (χ1v) is 7.39. The number of carbonyl (C=O) groups excluding carboxylic acids is 1. The molecule has 1 aromatic rings. The van der Waals surface area contributed by atoms with Gasteiger partial charge in [-0.25, -0.2) is 4.79 Å². The summed E-state index contributed by atoms with van der Waals surface area (Å²) in [5, 5.41) is 11.3. The van der Waals surface area contributed by atoms with Crippen LogP contribution in [-0.2, 0) is 14.9 Å². The Labute approximate surface area is 125 Å². The van der Waals surface area contributed by atoms with Gasteiger partial charge in [-0.15, -0.1) is 0 Å². The number of esters is 1. The van der Waals surface area contributed by atoms with E-state index in [9.17, 15) is 9.90 Å². The molecule has 0 saturated heterocycles. The molecular formula is C17H22O4. The van der Waals surface area contributed by atoms with E-state index >= 15 is 0 Å². The number of carbonyl (C=O) groups is 1. The van der Waals surface area contributed by atoms with Gasteiger partial charge in [-0.05, 0) is 43.4 Å². The van der Waals surface area contributed by atoms with Gasteiger partial charge >= 0.3 is 5.97 Å². The first-order chi connectivity index (χ1) is 9.93. The summed E-state index contributed by atoms with van der Waals surface area (Å²) in [4.78, 5) is 12.4. The molecule has 0 unspecified atom stereocenters. The molecule has 2 saturated carbocycles. The second-order valence-corrected chi connectivity index (χ2v) is 6.57. The van der Waals surface area contributed by atoms with Crippen LogP contribution in [0.15, 0.2) is 24.3 Å². The maximum absolute atomic E-state index is 12.4. The smallest absolute Gasteiger partial charge is 0.339 e.